The quantitative estimate of drug-likeness (QED) is 0.660. The number of rotatable bonds is 5. The molecule has 0 atom stereocenters. The standard InChI is InChI=1S/C19H18N2O5/c1-24-15-10-12(11-16(25-2)17(15)26-3)9-14-18(22)21(19(23)20-14)13-7-5-4-6-8-13/h4-11H,1-3H3,(H,20,23)/b14-9+. The van der Waals surface area contributed by atoms with E-state index in [4.69, 9.17) is 14.2 Å². The lowest BCUT2D eigenvalue weighted by Gasteiger charge is -2.13. The first kappa shape index (κ1) is 17.3. The first-order valence-electron chi connectivity index (χ1n) is 7.81. The number of anilines is 1. The van der Waals surface area contributed by atoms with Crippen LogP contribution in [0.15, 0.2) is 48.2 Å². The van der Waals surface area contributed by atoms with Crippen LogP contribution in [0.5, 0.6) is 17.2 Å². The summed E-state index contributed by atoms with van der Waals surface area (Å²) < 4.78 is 15.9. The lowest BCUT2D eigenvalue weighted by atomic mass is 10.1. The maximum atomic E-state index is 12.6. The van der Waals surface area contributed by atoms with Crippen LogP contribution in [0.25, 0.3) is 6.08 Å². The molecular weight excluding hydrogens is 336 g/mol. The Balaban J connectivity index is 1.98. The molecule has 1 saturated heterocycles. The summed E-state index contributed by atoms with van der Waals surface area (Å²) in [4.78, 5) is 25.9. The van der Waals surface area contributed by atoms with Crippen molar-refractivity contribution in [2.75, 3.05) is 26.2 Å². The summed E-state index contributed by atoms with van der Waals surface area (Å²) in [6, 6.07) is 11.6. The lowest BCUT2D eigenvalue weighted by Crippen LogP contribution is -2.30. The van der Waals surface area contributed by atoms with Crippen molar-refractivity contribution in [1.82, 2.24) is 5.32 Å². The molecule has 26 heavy (non-hydrogen) atoms. The molecule has 7 nitrogen and oxygen atoms in total. The summed E-state index contributed by atoms with van der Waals surface area (Å²) in [6.07, 6.45) is 1.56. The van der Waals surface area contributed by atoms with Gasteiger partial charge in [-0.15, -0.1) is 0 Å². The Morgan fingerprint density at radius 1 is 0.923 bits per heavy atom. The monoisotopic (exact) mass is 354 g/mol. The molecule has 0 spiro atoms. The second-order valence-electron chi connectivity index (χ2n) is 5.42. The van der Waals surface area contributed by atoms with E-state index in [0.29, 0.717) is 28.5 Å². The average Bonchev–Trinajstić information content (AvgIpc) is 2.94. The molecule has 1 heterocycles. The van der Waals surface area contributed by atoms with Gasteiger partial charge in [-0.25, -0.2) is 9.69 Å². The number of imide groups is 1. The van der Waals surface area contributed by atoms with Crippen molar-refractivity contribution < 1.29 is 23.8 Å². The zero-order valence-corrected chi connectivity index (χ0v) is 14.6. The maximum absolute atomic E-state index is 12.6. The molecule has 0 bridgehead atoms. The Bertz CT molecular complexity index is 852. The average molecular weight is 354 g/mol. The van der Waals surface area contributed by atoms with Crippen LogP contribution in [0.4, 0.5) is 10.5 Å². The molecule has 0 saturated carbocycles. The molecule has 0 aliphatic carbocycles. The van der Waals surface area contributed by atoms with E-state index in [-0.39, 0.29) is 5.70 Å². The number of hydrogen-bond donors (Lipinski definition) is 1. The molecule has 7 heteroatoms. The van der Waals surface area contributed by atoms with Crippen molar-refractivity contribution >= 4 is 23.7 Å². The van der Waals surface area contributed by atoms with Gasteiger partial charge >= 0.3 is 6.03 Å². The summed E-state index contributed by atoms with van der Waals surface area (Å²) in [6.45, 7) is 0. The highest BCUT2D eigenvalue weighted by Gasteiger charge is 2.34. The van der Waals surface area contributed by atoms with E-state index in [9.17, 15) is 9.59 Å². The van der Waals surface area contributed by atoms with Crippen LogP contribution in [0.2, 0.25) is 0 Å². The summed E-state index contributed by atoms with van der Waals surface area (Å²) >= 11 is 0. The van der Waals surface area contributed by atoms with E-state index < -0.39 is 11.9 Å². The fraction of sp³-hybridized carbons (Fsp3) is 0.158. The first-order chi connectivity index (χ1) is 12.6. The number of hydrogen-bond acceptors (Lipinski definition) is 5. The predicted octanol–water partition coefficient (Wildman–Crippen LogP) is 2.81. The topological polar surface area (TPSA) is 77.1 Å². The molecule has 1 N–H and O–H groups in total. The van der Waals surface area contributed by atoms with E-state index in [0.717, 1.165) is 4.90 Å². The molecular formula is C19H18N2O5. The van der Waals surface area contributed by atoms with Gasteiger partial charge in [0.25, 0.3) is 5.91 Å². The van der Waals surface area contributed by atoms with Crippen LogP contribution in [-0.2, 0) is 4.79 Å². The molecule has 2 aromatic carbocycles. The molecule has 1 aliphatic rings. The van der Waals surface area contributed by atoms with Crippen LogP contribution >= 0.6 is 0 Å². The third-order valence-electron chi connectivity index (χ3n) is 3.89. The number of benzene rings is 2. The second-order valence-corrected chi connectivity index (χ2v) is 5.42. The molecule has 0 radical (unpaired) electrons. The summed E-state index contributed by atoms with van der Waals surface area (Å²) in [5, 5.41) is 2.59. The van der Waals surface area contributed by atoms with Gasteiger partial charge in [0.15, 0.2) is 11.5 Å². The zero-order valence-electron chi connectivity index (χ0n) is 14.6. The van der Waals surface area contributed by atoms with Crippen molar-refractivity contribution in [2.45, 2.75) is 0 Å². The van der Waals surface area contributed by atoms with Gasteiger partial charge in [-0.1, -0.05) is 18.2 Å². The second kappa shape index (κ2) is 7.18. The molecule has 1 aliphatic heterocycles. The van der Waals surface area contributed by atoms with Gasteiger partial charge in [0.1, 0.15) is 5.70 Å². The Morgan fingerprint density at radius 2 is 1.54 bits per heavy atom. The normalized spacial score (nSPS) is 15.2. The van der Waals surface area contributed by atoms with E-state index in [1.807, 2.05) is 6.07 Å². The van der Waals surface area contributed by atoms with Gasteiger partial charge in [-0.3, -0.25) is 4.79 Å². The highest BCUT2D eigenvalue weighted by atomic mass is 16.5. The Hall–Kier alpha value is -3.48. The number of ether oxygens (including phenoxy) is 3. The van der Waals surface area contributed by atoms with Gasteiger partial charge in [0, 0.05) is 0 Å². The van der Waals surface area contributed by atoms with Crippen LogP contribution < -0.4 is 24.4 Å². The minimum Gasteiger partial charge on any atom is -0.493 e. The number of carbonyl (C=O) groups excluding carboxylic acids is 2. The number of carbonyl (C=O) groups is 2. The Labute approximate surface area is 150 Å². The van der Waals surface area contributed by atoms with Gasteiger partial charge < -0.3 is 19.5 Å². The number of methoxy groups -OCH3 is 3. The third-order valence-corrected chi connectivity index (χ3v) is 3.89. The highest BCUT2D eigenvalue weighted by Crippen LogP contribution is 2.38. The summed E-state index contributed by atoms with van der Waals surface area (Å²) in [5.74, 6) is 0.922. The largest absolute Gasteiger partial charge is 0.493 e. The minimum atomic E-state index is -0.500. The van der Waals surface area contributed by atoms with Crippen molar-refractivity contribution in [3.05, 3.63) is 53.7 Å². The summed E-state index contributed by atoms with van der Waals surface area (Å²) in [7, 11) is 4.53. The highest BCUT2D eigenvalue weighted by molar-refractivity contribution is 6.28. The fourth-order valence-corrected chi connectivity index (χ4v) is 2.70. The molecule has 0 unspecified atom stereocenters. The van der Waals surface area contributed by atoms with Crippen molar-refractivity contribution in [3.8, 4) is 17.2 Å². The molecule has 3 amide bonds. The van der Waals surface area contributed by atoms with Crippen LogP contribution in [0, 0.1) is 0 Å². The SMILES string of the molecule is COc1cc(/C=C2/NC(=O)N(c3ccccc3)C2=O)cc(OC)c1OC. The van der Waals surface area contributed by atoms with Gasteiger partial charge in [0.05, 0.1) is 27.0 Å². The molecule has 0 aromatic heterocycles. The third kappa shape index (κ3) is 3.06. The van der Waals surface area contributed by atoms with Crippen LogP contribution in [0.1, 0.15) is 5.56 Å². The smallest absolute Gasteiger partial charge is 0.333 e. The van der Waals surface area contributed by atoms with Gasteiger partial charge in [0.2, 0.25) is 5.75 Å². The van der Waals surface area contributed by atoms with Gasteiger partial charge in [-0.05, 0) is 35.9 Å². The van der Waals surface area contributed by atoms with E-state index >= 15 is 0 Å². The summed E-state index contributed by atoms with van der Waals surface area (Å²) in [5.41, 5.74) is 1.29. The zero-order chi connectivity index (χ0) is 18.7. The van der Waals surface area contributed by atoms with Crippen LogP contribution in [-0.4, -0.2) is 33.3 Å². The van der Waals surface area contributed by atoms with E-state index in [2.05, 4.69) is 5.32 Å². The fourth-order valence-electron chi connectivity index (χ4n) is 2.70. The number of para-hydroxylation sites is 1. The first-order valence-corrected chi connectivity index (χ1v) is 7.81. The van der Waals surface area contributed by atoms with Crippen molar-refractivity contribution in [3.63, 3.8) is 0 Å². The molecule has 1 fully saturated rings. The van der Waals surface area contributed by atoms with Crippen molar-refractivity contribution in [2.24, 2.45) is 0 Å². The Morgan fingerprint density at radius 3 is 2.08 bits per heavy atom. The van der Waals surface area contributed by atoms with E-state index in [1.165, 1.54) is 21.3 Å². The lowest BCUT2D eigenvalue weighted by molar-refractivity contribution is -0.113. The number of nitrogens with zero attached hydrogens (tertiary/aromatic N) is 1. The van der Waals surface area contributed by atoms with E-state index in [1.54, 1.807) is 42.5 Å². The predicted molar refractivity (Wildman–Crippen MR) is 96.5 cm³/mol. The minimum absolute atomic E-state index is 0.160. The van der Waals surface area contributed by atoms with Crippen molar-refractivity contribution in [1.29, 1.82) is 0 Å². The molecule has 3 rings (SSSR count). The van der Waals surface area contributed by atoms with Gasteiger partial charge in [-0.2, -0.15) is 0 Å². The molecule has 2 aromatic rings. The number of amides is 3. The number of urea groups is 1. The van der Waals surface area contributed by atoms with Crippen LogP contribution in [0.3, 0.4) is 0 Å². The maximum Gasteiger partial charge on any atom is 0.333 e. The number of nitrogens with one attached hydrogen (secondary N) is 1. The molecule has 134 valence electrons. The Kier molecular flexibility index (Phi) is 4.79.